The molecule has 1 aromatic rings. The van der Waals surface area contributed by atoms with Crippen LogP contribution in [0.5, 0.6) is 0 Å². The number of Topliss-reactive ketones (excluding diaryl/α,β-unsaturated/α-hetero) is 1. The standard InChI is InChI=1S/C35H58N4O4/c1-6-27-14-8-7-12-26-13-9-15-28(22-26)30-17-11-20-38(30)35(43)29-16-10-21-39(37-29)34(42)24(4)18-19-31(40)32(23(2)3)36-33(41)25(27)5/h7,9,12-13,15,22-25,27,29-30,32-37,41-43H,6,8,10-11,14,16-21H2,1-5H3/b12-7+/t24-,25-,27-,29+,30?,32+,33?,34?,35?/m1/s1. The van der Waals surface area contributed by atoms with E-state index in [1.807, 2.05) is 25.8 Å². The van der Waals surface area contributed by atoms with E-state index in [9.17, 15) is 20.1 Å². The maximum absolute atomic E-state index is 13.4. The van der Waals surface area contributed by atoms with E-state index in [1.165, 1.54) is 5.56 Å². The van der Waals surface area contributed by atoms with Crippen LogP contribution in [-0.2, 0) is 4.79 Å². The number of hydrogen-bond acceptors (Lipinski definition) is 8. The van der Waals surface area contributed by atoms with Crippen molar-refractivity contribution < 1.29 is 20.1 Å². The first-order chi connectivity index (χ1) is 20.6. The van der Waals surface area contributed by atoms with Crippen LogP contribution in [0.2, 0.25) is 0 Å². The second-order valence-corrected chi connectivity index (χ2v) is 13.8. The molecule has 3 aliphatic rings. The summed E-state index contributed by atoms with van der Waals surface area (Å²) in [4.78, 5) is 15.6. The van der Waals surface area contributed by atoms with Crippen LogP contribution >= 0.6 is 0 Å². The van der Waals surface area contributed by atoms with E-state index in [0.717, 1.165) is 57.1 Å². The van der Waals surface area contributed by atoms with Gasteiger partial charge in [0, 0.05) is 25.6 Å². The first-order valence-electron chi connectivity index (χ1n) is 17.0. The summed E-state index contributed by atoms with van der Waals surface area (Å²) >= 11 is 0. The minimum atomic E-state index is -0.762. The van der Waals surface area contributed by atoms with Crippen molar-refractivity contribution in [3.05, 3.63) is 41.5 Å². The van der Waals surface area contributed by atoms with Crippen molar-refractivity contribution in [2.45, 2.75) is 129 Å². The van der Waals surface area contributed by atoms with Crippen LogP contribution in [0.15, 0.2) is 30.3 Å². The van der Waals surface area contributed by atoms with Crippen molar-refractivity contribution in [1.82, 2.24) is 20.7 Å². The summed E-state index contributed by atoms with van der Waals surface area (Å²) in [5, 5.41) is 39.2. The molecule has 10 atom stereocenters. The number of rotatable bonds is 2. The molecule has 4 bridgehead atoms. The van der Waals surface area contributed by atoms with Crippen LogP contribution in [0.3, 0.4) is 0 Å². The quantitative estimate of drug-likeness (QED) is 0.330. The van der Waals surface area contributed by atoms with Crippen molar-refractivity contribution in [3.63, 3.8) is 0 Å². The number of ketones is 1. The number of benzene rings is 1. The second kappa shape index (κ2) is 16.1. The predicted octanol–water partition coefficient (Wildman–Crippen LogP) is 4.82. The number of fused-ring (bicyclic) bond motifs is 6. The third-order valence-corrected chi connectivity index (χ3v) is 10.4. The lowest BCUT2D eigenvalue weighted by molar-refractivity contribution is -0.129. The highest BCUT2D eigenvalue weighted by atomic mass is 16.3. The summed E-state index contributed by atoms with van der Waals surface area (Å²) in [5.74, 6) is 0.327. The number of aliphatic hydroxyl groups excluding tert-OH is 3. The zero-order chi connectivity index (χ0) is 31.1. The molecular formula is C35H58N4O4. The molecule has 5 unspecified atom stereocenters. The molecular weight excluding hydrogens is 540 g/mol. The highest BCUT2D eigenvalue weighted by Gasteiger charge is 2.38. The molecule has 0 aliphatic carbocycles. The van der Waals surface area contributed by atoms with Crippen LogP contribution in [-0.4, -0.2) is 74.9 Å². The molecule has 1 aromatic carbocycles. The smallest absolute Gasteiger partial charge is 0.150 e. The van der Waals surface area contributed by atoms with E-state index in [2.05, 4.69) is 65.9 Å². The monoisotopic (exact) mass is 598 g/mol. The Kier molecular flexibility index (Phi) is 12.8. The summed E-state index contributed by atoms with van der Waals surface area (Å²) in [7, 11) is 0. The molecule has 242 valence electrons. The number of hydrazine groups is 1. The fraction of sp³-hybridized carbons (Fsp3) is 0.743. The van der Waals surface area contributed by atoms with Crippen molar-refractivity contribution in [1.29, 1.82) is 0 Å². The van der Waals surface area contributed by atoms with Gasteiger partial charge in [0.05, 0.1) is 12.1 Å². The van der Waals surface area contributed by atoms with Crippen LogP contribution in [0.1, 0.15) is 110 Å². The molecule has 0 radical (unpaired) electrons. The third-order valence-electron chi connectivity index (χ3n) is 10.4. The van der Waals surface area contributed by atoms with Crippen LogP contribution < -0.4 is 10.7 Å². The molecule has 0 aromatic heterocycles. The molecule has 5 N–H and O–H groups in total. The van der Waals surface area contributed by atoms with Crippen LogP contribution in [0.25, 0.3) is 6.08 Å². The summed E-state index contributed by atoms with van der Waals surface area (Å²) in [6, 6.07) is 8.23. The number of carbonyl (C=O) groups excluding carboxylic acids is 1. The van der Waals surface area contributed by atoms with Gasteiger partial charge in [0.1, 0.15) is 24.5 Å². The zero-order valence-electron chi connectivity index (χ0n) is 27.2. The summed E-state index contributed by atoms with van der Waals surface area (Å²) in [6.07, 6.45) is 9.76. The summed E-state index contributed by atoms with van der Waals surface area (Å²) in [5.41, 5.74) is 5.85. The number of carbonyl (C=O) groups is 1. The topological polar surface area (TPSA) is 108 Å². The first-order valence-corrected chi connectivity index (χ1v) is 17.0. The molecule has 8 heteroatoms. The molecule has 2 fully saturated rings. The molecule has 8 nitrogen and oxygen atoms in total. The molecule has 4 rings (SSSR count). The zero-order valence-corrected chi connectivity index (χ0v) is 27.2. The van der Waals surface area contributed by atoms with E-state index in [-0.39, 0.29) is 35.6 Å². The van der Waals surface area contributed by atoms with E-state index in [0.29, 0.717) is 25.3 Å². The van der Waals surface area contributed by atoms with Gasteiger partial charge < -0.3 is 15.3 Å². The van der Waals surface area contributed by atoms with E-state index in [1.54, 1.807) is 0 Å². The van der Waals surface area contributed by atoms with Gasteiger partial charge in [-0.2, -0.15) is 0 Å². The van der Waals surface area contributed by atoms with Gasteiger partial charge in [0.15, 0.2) is 0 Å². The Morgan fingerprint density at radius 2 is 1.77 bits per heavy atom. The lowest BCUT2D eigenvalue weighted by atomic mass is 9.85. The first kappa shape index (κ1) is 34.2. The minimum absolute atomic E-state index is 0.0102. The lowest BCUT2D eigenvalue weighted by Gasteiger charge is -2.43. The Morgan fingerprint density at radius 1 is 1.00 bits per heavy atom. The summed E-state index contributed by atoms with van der Waals surface area (Å²) < 4.78 is 0. The van der Waals surface area contributed by atoms with E-state index >= 15 is 0 Å². The highest BCUT2D eigenvalue weighted by molar-refractivity contribution is 5.84. The minimum Gasteiger partial charge on any atom is -0.378 e. The Balaban J connectivity index is 1.58. The average Bonchev–Trinajstić information content (AvgIpc) is 3.51. The lowest BCUT2D eigenvalue weighted by Crippen LogP contribution is -2.61. The maximum atomic E-state index is 13.4. The normalized spacial score (nSPS) is 38.5. The number of hydrogen-bond donors (Lipinski definition) is 5. The molecule has 43 heavy (non-hydrogen) atoms. The Morgan fingerprint density at radius 3 is 2.51 bits per heavy atom. The number of nitrogens with zero attached hydrogens (tertiary/aromatic N) is 2. The van der Waals surface area contributed by atoms with Gasteiger partial charge in [-0.15, -0.1) is 0 Å². The molecule has 2 saturated heterocycles. The van der Waals surface area contributed by atoms with Gasteiger partial charge in [-0.3, -0.25) is 15.0 Å². The van der Waals surface area contributed by atoms with Gasteiger partial charge in [-0.25, -0.2) is 10.4 Å². The fourth-order valence-corrected chi connectivity index (χ4v) is 7.41. The highest BCUT2D eigenvalue weighted by Crippen LogP contribution is 2.35. The van der Waals surface area contributed by atoms with Crippen LogP contribution in [0.4, 0.5) is 0 Å². The molecule has 0 saturated carbocycles. The second-order valence-electron chi connectivity index (χ2n) is 13.8. The molecule has 3 heterocycles. The largest absolute Gasteiger partial charge is 0.378 e. The molecule has 0 spiro atoms. The number of aliphatic hydroxyl groups is 3. The van der Waals surface area contributed by atoms with E-state index < -0.39 is 24.7 Å². The number of allylic oxidation sites excluding steroid dienone is 1. The maximum Gasteiger partial charge on any atom is 0.150 e. The Labute approximate surface area is 259 Å². The van der Waals surface area contributed by atoms with Gasteiger partial charge in [-0.1, -0.05) is 77.5 Å². The fourth-order valence-electron chi connectivity index (χ4n) is 7.41. The van der Waals surface area contributed by atoms with Gasteiger partial charge >= 0.3 is 0 Å². The Hall–Kier alpha value is -1.65. The van der Waals surface area contributed by atoms with Crippen LogP contribution in [0, 0.1) is 23.7 Å². The van der Waals surface area contributed by atoms with Gasteiger partial charge in [-0.05, 0) is 79.7 Å². The average molecular weight is 599 g/mol. The van der Waals surface area contributed by atoms with Crippen molar-refractivity contribution >= 4 is 11.9 Å². The van der Waals surface area contributed by atoms with Gasteiger partial charge in [0.2, 0.25) is 0 Å². The van der Waals surface area contributed by atoms with Crippen molar-refractivity contribution in [2.24, 2.45) is 23.7 Å². The summed E-state index contributed by atoms with van der Waals surface area (Å²) in [6.45, 7) is 11.8. The molecule has 3 aliphatic heterocycles. The van der Waals surface area contributed by atoms with E-state index in [4.69, 9.17) is 0 Å². The predicted molar refractivity (Wildman–Crippen MR) is 172 cm³/mol. The SMILES string of the molecule is CC[C@@H]1CC/C=C/c2cccc(c2)C2CCCN2C(O)[C@@H]2CCCN(N2)C(O)[C@H](C)CCC(=O)[C@H](C(C)C)NC(O)[C@@H]1C. The number of nitrogens with one attached hydrogen (secondary N) is 2. The molecule has 0 amide bonds. The van der Waals surface area contributed by atoms with Gasteiger partial charge in [0.25, 0.3) is 0 Å². The van der Waals surface area contributed by atoms with Crippen molar-refractivity contribution in [2.75, 3.05) is 13.1 Å². The van der Waals surface area contributed by atoms with Crippen molar-refractivity contribution in [3.8, 4) is 0 Å². The third kappa shape index (κ3) is 8.75. The Bertz CT molecular complexity index is 1050.